The SMILES string of the molecule is C=C(O)C(C)(C)CC(/C=C/SC(=N)C(CC(C(C)C)N(CCCCCC)C(=O)CCCC)OCC)Cc1ccc(N)cc1. The molecule has 0 aliphatic rings. The van der Waals surface area contributed by atoms with Crippen molar-refractivity contribution in [3.63, 3.8) is 0 Å². The van der Waals surface area contributed by atoms with E-state index in [1.54, 1.807) is 0 Å². The summed E-state index contributed by atoms with van der Waals surface area (Å²) < 4.78 is 6.14. The third kappa shape index (κ3) is 14.9. The van der Waals surface area contributed by atoms with Gasteiger partial charge in [0, 0.05) is 43.1 Å². The molecule has 0 aromatic heterocycles. The minimum absolute atomic E-state index is 0.0158. The highest BCUT2D eigenvalue weighted by Gasteiger charge is 2.31. The minimum Gasteiger partial charge on any atom is -0.512 e. The van der Waals surface area contributed by atoms with Crippen LogP contribution in [0, 0.1) is 22.7 Å². The molecule has 1 aromatic carbocycles. The molecule has 4 N–H and O–H groups in total. The number of anilines is 1. The largest absolute Gasteiger partial charge is 0.512 e. The number of nitrogens with one attached hydrogen (secondary N) is 1. The standard InChI is InChI=1S/C36H61N3O3S/c1-9-12-14-15-22-39(34(41)16-13-10-2)32(27(4)5)25-33(42-11-3)35(38)43-23-21-30(26-36(7,8)28(6)40)24-29-17-19-31(37)20-18-29/h17-21,23,27,30,32-33,38,40H,6,9-16,22,24-26,37H2,1-5,7-8H3/b23-21+,38-35?. The van der Waals surface area contributed by atoms with Crippen LogP contribution in [-0.2, 0) is 16.0 Å². The van der Waals surface area contributed by atoms with E-state index in [2.05, 4.69) is 45.2 Å². The molecule has 0 saturated carbocycles. The second-order valence-electron chi connectivity index (χ2n) is 12.8. The summed E-state index contributed by atoms with van der Waals surface area (Å²) >= 11 is 1.38. The Balaban J connectivity index is 3.11. The molecule has 1 rings (SSSR count). The molecule has 3 unspecified atom stereocenters. The summed E-state index contributed by atoms with van der Waals surface area (Å²) in [5, 5.41) is 21.6. The van der Waals surface area contributed by atoms with Gasteiger partial charge in [-0.3, -0.25) is 10.2 Å². The average Bonchev–Trinajstić information content (AvgIpc) is 2.95. The molecule has 6 nitrogen and oxygen atoms in total. The van der Waals surface area contributed by atoms with E-state index in [9.17, 15) is 9.90 Å². The first-order valence-electron chi connectivity index (χ1n) is 16.4. The van der Waals surface area contributed by atoms with Crippen LogP contribution in [0.2, 0.25) is 0 Å². The maximum atomic E-state index is 13.4. The Hall–Kier alpha value is -2.25. The van der Waals surface area contributed by atoms with E-state index in [4.69, 9.17) is 15.9 Å². The van der Waals surface area contributed by atoms with Crippen molar-refractivity contribution in [2.24, 2.45) is 17.3 Å². The maximum absolute atomic E-state index is 13.4. The van der Waals surface area contributed by atoms with Crippen LogP contribution in [-0.4, -0.2) is 46.3 Å². The quantitative estimate of drug-likeness (QED) is 0.0396. The lowest BCUT2D eigenvalue weighted by atomic mass is 9.79. The number of rotatable bonds is 22. The predicted molar refractivity (Wildman–Crippen MR) is 187 cm³/mol. The van der Waals surface area contributed by atoms with Gasteiger partial charge in [-0.25, -0.2) is 0 Å². The van der Waals surface area contributed by atoms with E-state index in [1.165, 1.54) is 30.2 Å². The zero-order chi connectivity index (χ0) is 32.4. The van der Waals surface area contributed by atoms with Gasteiger partial charge in [0.2, 0.25) is 5.91 Å². The second-order valence-corrected chi connectivity index (χ2v) is 13.7. The fraction of sp³-hybridized carbons (Fsp3) is 0.667. The van der Waals surface area contributed by atoms with Crippen LogP contribution in [0.5, 0.6) is 0 Å². The minimum atomic E-state index is -0.440. The number of nitrogens with zero attached hydrogens (tertiary/aromatic N) is 1. The van der Waals surface area contributed by atoms with Gasteiger partial charge in [-0.05, 0) is 67.5 Å². The molecule has 0 spiro atoms. The van der Waals surface area contributed by atoms with E-state index in [0.29, 0.717) is 30.9 Å². The van der Waals surface area contributed by atoms with Crippen LogP contribution in [0.3, 0.4) is 0 Å². The molecule has 0 heterocycles. The van der Waals surface area contributed by atoms with Gasteiger partial charge in [-0.2, -0.15) is 0 Å². The normalized spacial score (nSPS) is 14.1. The number of ether oxygens (including phenoxy) is 1. The number of unbranched alkanes of at least 4 members (excludes halogenated alkanes) is 4. The van der Waals surface area contributed by atoms with Gasteiger partial charge in [-0.15, -0.1) is 0 Å². The molecule has 1 aromatic rings. The number of nitrogens with two attached hydrogens (primary N) is 1. The zero-order valence-electron chi connectivity index (χ0n) is 28.2. The smallest absolute Gasteiger partial charge is 0.222 e. The fourth-order valence-electron chi connectivity index (χ4n) is 5.32. The summed E-state index contributed by atoms with van der Waals surface area (Å²) in [6.07, 6.45) is 10.8. The Morgan fingerprint density at radius 3 is 2.33 bits per heavy atom. The number of nitrogen functional groups attached to an aromatic ring is 1. The first-order valence-corrected chi connectivity index (χ1v) is 17.3. The van der Waals surface area contributed by atoms with Crippen molar-refractivity contribution in [1.29, 1.82) is 5.41 Å². The fourth-order valence-corrected chi connectivity index (χ4v) is 6.09. The van der Waals surface area contributed by atoms with Crippen molar-refractivity contribution in [3.8, 4) is 0 Å². The van der Waals surface area contributed by atoms with Gasteiger partial charge in [0.25, 0.3) is 0 Å². The van der Waals surface area contributed by atoms with E-state index >= 15 is 0 Å². The molecule has 0 saturated heterocycles. The van der Waals surface area contributed by atoms with Gasteiger partial charge in [0.1, 0.15) is 6.10 Å². The Bertz CT molecular complexity index is 990. The van der Waals surface area contributed by atoms with Crippen molar-refractivity contribution in [3.05, 3.63) is 53.7 Å². The van der Waals surface area contributed by atoms with E-state index in [-0.39, 0.29) is 35.6 Å². The summed E-state index contributed by atoms with van der Waals surface area (Å²) in [6, 6.07) is 7.92. The van der Waals surface area contributed by atoms with Gasteiger partial charge >= 0.3 is 0 Å². The zero-order valence-corrected chi connectivity index (χ0v) is 29.0. The monoisotopic (exact) mass is 615 g/mol. The van der Waals surface area contributed by atoms with Crippen LogP contribution in [0.1, 0.15) is 112 Å². The summed E-state index contributed by atoms with van der Waals surface area (Å²) in [5.74, 6) is 0.787. The molecule has 0 aliphatic heterocycles. The van der Waals surface area contributed by atoms with Crippen molar-refractivity contribution in [2.45, 2.75) is 125 Å². The topological polar surface area (TPSA) is 99.6 Å². The average molecular weight is 616 g/mol. The molecule has 0 fully saturated rings. The second kappa shape index (κ2) is 20.7. The number of carbonyl (C=O) groups is 1. The Morgan fingerprint density at radius 1 is 1.12 bits per heavy atom. The van der Waals surface area contributed by atoms with Crippen molar-refractivity contribution in [1.82, 2.24) is 4.90 Å². The number of thioether (sulfide) groups is 1. The number of carbonyl (C=O) groups excluding carboxylic acids is 1. The number of benzene rings is 1. The van der Waals surface area contributed by atoms with Gasteiger partial charge in [0.05, 0.1) is 10.8 Å². The van der Waals surface area contributed by atoms with Gasteiger partial charge in [0.15, 0.2) is 0 Å². The number of aliphatic hydroxyl groups is 1. The number of hydrogen-bond donors (Lipinski definition) is 3. The van der Waals surface area contributed by atoms with Crippen molar-refractivity contribution in [2.75, 3.05) is 18.9 Å². The lowest BCUT2D eigenvalue weighted by Crippen LogP contribution is -2.46. The van der Waals surface area contributed by atoms with Crippen LogP contribution < -0.4 is 5.73 Å². The van der Waals surface area contributed by atoms with E-state index in [1.807, 2.05) is 50.4 Å². The highest BCUT2D eigenvalue weighted by molar-refractivity contribution is 8.16. The molecule has 0 bridgehead atoms. The predicted octanol–water partition coefficient (Wildman–Crippen LogP) is 9.56. The van der Waals surface area contributed by atoms with Crippen LogP contribution in [0.25, 0.3) is 0 Å². The maximum Gasteiger partial charge on any atom is 0.222 e. The molecule has 7 heteroatoms. The van der Waals surface area contributed by atoms with Crippen LogP contribution in [0.15, 0.2) is 48.1 Å². The lowest BCUT2D eigenvalue weighted by Gasteiger charge is -2.37. The van der Waals surface area contributed by atoms with Gasteiger partial charge in [-0.1, -0.05) is 104 Å². The Morgan fingerprint density at radius 2 is 1.77 bits per heavy atom. The highest BCUT2D eigenvalue weighted by atomic mass is 32.2. The summed E-state index contributed by atoms with van der Waals surface area (Å²) in [4.78, 5) is 15.5. The van der Waals surface area contributed by atoms with Crippen LogP contribution >= 0.6 is 11.8 Å². The summed E-state index contributed by atoms with van der Waals surface area (Å²) in [7, 11) is 0. The lowest BCUT2D eigenvalue weighted by molar-refractivity contribution is -0.135. The molecule has 244 valence electrons. The molecular formula is C36H61N3O3S. The molecule has 1 amide bonds. The third-order valence-corrected chi connectivity index (χ3v) is 8.99. The molecule has 0 aliphatic carbocycles. The number of allylic oxidation sites excluding steroid dienone is 2. The number of aliphatic hydroxyl groups excluding tert-OH is 1. The first kappa shape index (κ1) is 38.8. The molecule has 3 atom stereocenters. The van der Waals surface area contributed by atoms with Crippen LogP contribution in [0.4, 0.5) is 5.69 Å². The summed E-state index contributed by atoms with van der Waals surface area (Å²) in [6.45, 7) is 19.7. The molecule has 0 radical (unpaired) electrons. The highest BCUT2D eigenvalue weighted by Crippen LogP contribution is 2.34. The molecular weight excluding hydrogens is 554 g/mol. The van der Waals surface area contributed by atoms with Crippen molar-refractivity contribution >= 4 is 28.4 Å². The molecule has 43 heavy (non-hydrogen) atoms. The summed E-state index contributed by atoms with van der Waals surface area (Å²) in [5.41, 5.74) is 7.35. The Kier molecular flexibility index (Phi) is 18.6. The van der Waals surface area contributed by atoms with E-state index < -0.39 is 5.41 Å². The number of hydrogen-bond acceptors (Lipinski definition) is 6. The number of amides is 1. The first-order chi connectivity index (χ1) is 20.4. The van der Waals surface area contributed by atoms with Crippen molar-refractivity contribution < 1.29 is 14.6 Å². The third-order valence-electron chi connectivity index (χ3n) is 8.18. The van der Waals surface area contributed by atoms with Gasteiger partial charge < -0.3 is 20.5 Å². The Labute approximate surface area is 267 Å². The van der Waals surface area contributed by atoms with E-state index in [0.717, 1.165) is 44.3 Å².